The molecule has 0 spiro atoms. The van der Waals surface area contributed by atoms with E-state index >= 15 is 0 Å². The lowest BCUT2D eigenvalue weighted by Crippen LogP contribution is -2.07. The molecule has 3 rings (SSSR count). The van der Waals surface area contributed by atoms with E-state index in [2.05, 4.69) is 49.4 Å². The minimum absolute atomic E-state index is 0.297. The molecule has 3 heteroatoms. The largest absolute Gasteiger partial charge is 0.268 e. The number of hydrogen-bond acceptors (Lipinski definition) is 1. The van der Waals surface area contributed by atoms with Crippen molar-refractivity contribution in [3.8, 4) is 0 Å². The Morgan fingerprint density at radius 2 is 1.81 bits per heavy atom. The number of aryl methyl sites for hydroxylation is 2. The van der Waals surface area contributed by atoms with Gasteiger partial charge in [0.2, 0.25) is 0 Å². The highest BCUT2D eigenvalue weighted by molar-refractivity contribution is 6.18. The first-order valence-corrected chi connectivity index (χ1v) is 7.76. The quantitative estimate of drug-likeness (QED) is 0.651. The van der Waals surface area contributed by atoms with Crippen LogP contribution in [-0.4, -0.2) is 15.7 Å². The molecule has 0 bridgehead atoms. The lowest BCUT2D eigenvalue weighted by atomic mass is 9.91. The van der Waals surface area contributed by atoms with Crippen molar-refractivity contribution in [1.29, 1.82) is 0 Å². The first-order chi connectivity index (χ1) is 10.2. The fraction of sp³-hybridized carbons (Fsp3) is 0.278. The van der Waals surface area contributed by atoms with E-state index in [4.69, 9.17) is 16.7 Å². The molecule has 0 saturated carbocycles. The van der Waals surface area contributed by atoms with Crippen molar-refractivity contribution in [3.63, 3.8) is 0 Å². The molecule has 0 aliphatic heterocycles. The second kappa shape index (κ2) is 5.90. The monoisotopic (exact) mass is 298 g/mol. The number of nitrogens with zero attached hydrogens (tertiary/aromatic N) is 2. The summed E-state index contributed by atoms with van der Waals surface area (Å²) in [6.07, 6.45) is 0.871. The van der Waals surface area contributed by atoms with Crippen molar-refractivity contribution >= 4 is 22.5 Å². The Balaban J connectivity index is 1.99. The maximum Gasteiger partial charge on any atom is 0.0709 e. The van der Waals surface area contributed by atoms with Crippen molar-refractivity contribution in [2.24, 2.45) is 7.05 Å². The summed E-state index contributed by atoms with van der Waals surface area (Å²) < 4.78 is 1.95. The Hall–Kier alpha value is -1.80. The van der Waals surface area contributed by atoms with Gasteiger partial charge in [0, 0.05) is 30.7 Å². The molecule has 0 aliphatic rings. The summed E-state index contributed by atoms with van der Waals surface area (Å²) in [6, 6.07) is 16.8. The number of benzene rings is 2. The number of alkyl halides is 1. The number of fused-ring (bicyclic) bond motifs is 1. The van der Waals surface area contributed by atoms with Crippen LogP contribution in [0, 0.1) is 6.92 Å². The summed E-state index contributed by atoms with van der Waals surface area (Å²) in [7, 11) is 2.00. The van der Waals surface area contributed by atoms with Crippen molar-refractivity contribution in [3.05, 3.63) is 65.4 Å². The molecule has 0 saturated heterocycles. The van der Waals surface area contributed by atoms with E-state index in [1.165, 1.54) is 22.0 Å². The predicted molar refractivity (Wildman–Crippen MR) is 89.1 cm³/mol. The van der Waals surface area contributed by atoms with E-state index in [9.17, 15) is 0 Å². The van der Waals surface area contributed by atoms with Crippen LogP contribution >= 0.6 is 11.6 Å². The molecular formula is C18H19ClN2. The second-order valence-electron chi connectivity index (χ2n) is 5.50. The van der Waals surface area contributed by atoms with E-state index in [0.29, 0.717) is 11.8 Å². The van der Waals surface area contributed by atoms with E-state index in [0.717, 1.165) is 12.1 Å². The number of para-hydroxylation sites is 1. The van der Waals surface area contributed by atoms with Crippen LogP contribution in [0.4, 0.5) is 0 Å². The van der Waals surface area contributed by atoms with E-state index < -0.39 is 0 Å². The topological polar surface area (TPSA) is 17.8 Å². The summed E-state index contributed by atoms with van der Waals surface area (Å²) >= 11 is 6.25. The number of aromatic nitrogens is 2. The van der Waals surface area contributed by atoms with Crippen molar-refractivity contribution in [2.45, 2.75) is 19.3 Å². The van der Waals surface area contributed by atoms with Crippen molar-refractivity contribution in [2.75, 3.05) is 5.88 Å². The third-order valence-corrected chi connectivity index (χ3v) is 4.46. The maximum absolute atomic E-state index is 6.25. The maximum atomic E-state index is 6.25. The van der Waals surface area contributed by atoms with Crippen LogP contribution < -0.4 is 0 Å². The van der Waals surface area contributed by atoms with Crippen LogP contribution in [0.1, 0.15) is 22.7 Å². The van der Waals surface area contributed by atoms with Gasteiger partial charge in [0.05, 0.1) is 11.2 Å². The molecule has 0 amide bonds. The Kier molecular flexibility index (Phi) is 3.98. The standard InChI is InChI=1S/C18H19ClN2/c1-13-7-3-4-8-15(13)14(12-19)11-17-16-9-5-6-10-18(16)21(2)20-17/h3-10,14H,11-12H2,1-2H3. The summed E-state index contributed by atoms with van der Waals surface area (Å²) in [4.78, 5) is 0. The van der Waals surface area contributed by atoms with Crippen LogP contribution in [0.3, 0.4) is 0 Å². The Labute approximate surface area is 130 Å². The molecule has 1 aromatic heterocycles. The molecule has 0 fully saturated rings. The summed E-state index contributed by atoms with van der Waals surface area (Å²) in [5.74, 6) is 0.904. The summed E-state index contributed by atoms with van der Waals surface area (Å²) in [5.41, 5.74) is 4.92. The molecule has 0 radical (unpaired) electrons. The second-order valence-corrected chi connectivity index (χ2v) is 5.81. The average molecular weight is 299 g/mol. The van der Waals surface area contributed by atoms with Crippen LogP contribution in [0.2, 0.25) is 0 Å². The highest BCUT2D eigenvalue weighted by atomic mass is 35.5. The van der Waals surface area contributed by atoms with Gasteiger partial charge in [-0.15, -0.1) is 11.6 Å². The van der Waals surface area contributed by atoms with Gasteiger partial charge in [0.25, 0.3) is 0 Å². The first-order valence-electron chi connectivity index (χ1n) is 7.23. The van der Waals surface area contributed by atoms with E-state index in [1.54, 1.807) is 0 Å². The Bertz CT molecular complexity index is 761. The van der Waals surface area contributed by atoms with Crippen molar-refractivity contribution in [1.82, 2.24) is 9.78 Å². The van der Waals surface area contributed by atoms with Gasteiger partial charge in [-0.2, -0.15) is 5.10 Å². The highest BCUT2D eigenvalue weighted by Gasteiger charge is 2.17. The molecule has 21 heavy (non-hydrogen) atoms. The molecular weight excluding hydrogens is 280 g/mol. The van der Waals surface area contributed by atoms with Gasteiger partial charge in [-0.05, 0) is 24.1 Å². The van der Waals surface area contributed by atoms with Gasteiger partial charge in [-0.3, -0.25) is 4.68 Å². The van der Waals surface area contributed by atoms with Gasteiger partial charge in [-0.1, -0.05) is 42.5 Å². The van der Waals surface area contributed by atoms with Gasteiger partial charge in [0.15, 0.2) is 0 Å². The van der Waals surface area contributed by atoms with E-state index in [-0.39, 0.29) is 0 Å². The van der Waals surface area contributed by atoms with Gasteiger partial charge < -0.3 is 0 Å². The third kappa shape index (κ3) is 2.68. The number of rotatable bonds is 4. The van der Waals surface area contributed by atoms with Gasteiger partial charge >= 0.3 is 0 Å². The smallest absolute Gasteiger partial charge is 0.0709 e. The van der Waals surface area contributed by atoms with Crippen LogP contribution in [-0.2, 0) is 13.5 Å². The molecule has 1 atom stereocenters. The van der Waals surface area contributed by atoms with E-state index in [1.807, 2.05) is 17.8 Å². The predicted octanol–water partition coefficient (Wildman–Crippen LogP) is 4.45. The van der Waals surface area contributed by atoms with Crippen LogP contribution in [0.5, 0.6) is 0 Å². The lowest BCUT2D eigenvalue weighted by molar-refractivity contribution is 0.705. The molecule has 0 aliphatic carbocycles. The fourth-order valence-corrected chi connectivity index (χ4v) is 3.24. The third-order valence-electron chi connectivity index (χ3n) is 4.09. The van der Waals surface area contributed by atoms with Gasteiger partial charge in [-0.25, -0.2) is 0 Å². The lowest BCUT2D eigenvalue weighted by Gasteiger charge is -2.15. The molecule has 3 aromatic rings. The first kappa shape index (κ1) is 14.2. The number of halogens is 1. The molecule has 108 valence electrons. The zero-order valence-corrected chi connectivity index (χ0v) is 13.1. The van der Waals surface area contributed by atoms with Gasteiger partial charge in [0.1, 0.15) is 0 Å². The number of hydrogen-bond donors (Lipinski definition) is 0. The minimum Gasteiger partial charge on any atom is -0.268 e. The average Bonchev–Trinajstić information content (AvgIpc) is 2.82. The highest BCUT2D eigenvalue weighted by Crippen LogP contribution is 2.28. The Morgan fingerprint density at radius 1 is 1.10 bits per heavy atom. The summed E-state index contributed by atoms with van der Waals surface area (Å²) in [5, 5.41) is 5.92. The summed E-state index contributed by atoms with van der Waals surface area (Å²) in [6.45, 7) is 2.14. The zero-order valence-electron chi connectivity index (χ0n) is 12.4. The normalized spacial score (nSPS) is 12.7. The molecule has 0 N–H and O–H groups in total. The van der Waals surface area contributed by atoms with Crippen LogP contribution in [0.25, 0.3) is 10.9 Å². The molecule has 2 aromatic carbocycles. The zero-order chi connectivity index (χ0) is 14.8. The Morgan fingerprint density at radius 3 is 2.57 bits per heavy atom. The molecule has 1 unspecified atom stereocenters. The molecule has 1 heterocycles. The molecule has 2 nitrogen and oxygen atoms in total. The van der Waals surface area contributed by atoms with Crippen LogP contribution in [0.15, 0.2) is 48.5 Å². The SMILES string of the molecule is Cc1ccccc1C(CCl)Cc1nn(C)c2ccccc12. The fourth-order valence-electron chi connectivity index (χ4n) is 2.97. The van der Waals surface area contributed by atoms with Crippen molar-refractivity contribution < 1.29 is 0 Å². The minimum atomic E-state index is 0.297.